The first kappa shape index (κ1) is 20.8. The summed E-state index contributed by atoms with van der Waals surface area (Å²) in [5, 5.41) is 16.0. The average Bonchev–Trinajstić information content (AvgIpc) is 2.69. The second kappa shape index (κ2) is 10.6. The lowest BCUT2D eigenvalue weighted by atomic mass is 10.1. The third-order valence-corrected chi connectivity index (χ3v) is 3.83. The first-order chi connectivity index (χ1) is 13.5. The van der Waals surface area contributed by atoms with Gasteiger partial charge in [0.25, 0.3) is 0 Å². The van der Waals surface area contributed by atoms with E-state index in [1.54, 1.807) is 38.5 Å². The molecule has 0 bridgehead atoms. The van der Waals surface area contributed by atoms with E-state index in [2.05, 4.69) is 15.8 Å². The number of phenols is 1. The van der Waals surface area contributed by atoms with Crippen molar-refractivity contribution in [2.75, 3.05) is 20.8 Å². The van der Waals surface area contributed by atoms with Crippen molar-refractivity contribution in [2.24, 2.45) is 5.10 Å². The quantitative estimate of drug-likeness (QED) is 0.345. The largest absolute Gasteiger partial charge is 0.507 e. The van der Waals surface area contributed by atoms with Crippen LogP contribution < -0.4 is 20.2 Å². The summed E-state index contributed by atoms with van der Waals surface area (Å²) in [6.45, 7) is 0.378. The molecule has 8 heteroatoms. The smallest absolute Gasteiger partial charge is 0.249 e. The molecule has 0 saturated carbocycles. The highest BCUT2D eigenvalue weighted by molar-refractivity contribution is 5.97. The molecule has 0 aliphatic rings. The maximum atomic E-state index is 11.8. The van der Waals surface area contributed by atoms with Crippen LogP contribution in [-0.4, -0.2) is 43.9 Å². The normalized spacial score (nSPS) is 10.5. The molecule has 3 N–H and O–H groups in total. The molecule has 0 aromatic heterocycles. The van der Waals surface area contributed by atoms with Gasteiger partial charge < -0.3 is 19.9 Å². The summed E-state index contributed by atoms with van der Waals surface area (Å²) in [6.07, 6.45) is 1.55. The van der Waals surface area contributed by atoms with Crippen LogP contribution in [0.15, 0.2) is 47.6 Å². The lowest BCUT2D eigenvalue weighted by molar-refractivity contribution is -0.129. The van der Waals surface area contributed by atoms with Gasteiger partial charge in [-0.2, -0.15) is 5.10 Å². The Bertz CT molecular complexity index is 851. The van der Waals surface area contributed by atoms with Gasteiger partial charge in [-0.25, -0.2) is 5.43 Å². The molecule has 0 spiro atoms. The summed E-state index contributed by atoms with van der Waals surface area (Å²) >= 11 is 0. The number of para-hydroxylation sites is 1. The summed E-state index contributed by atoms with van der Waals surface area (Å²) in [6, 6.07) is 12.1. The zero-order chi connectivity index (χ0) is 20.4. The predicted molar refractivity (Wildman–Crippen MR) is 105 cm³/mol. The average molecular weight is 385 g/mol. The van der Waals surface area contributed by atoms with Crippen molar-refractivity contribution in [3.05, 3.63) is 53.6 Å². The van der Waals surface area contributed by atoms with Gasteiger partial charge in [0, 0.05) is 12.1 Å². The highest BCUT2D eigenvalue weighted by Crippen LogP contribution is 2.27. The van der Waals surface area contributed by atoms with E-state index in [1.165, 1.54) is 12.3 Å². The Morgan fingerprint density at radius 1 is 1.07 bits per heavy atom. The van der Waals surface area contributed by atoms with E-state index in [0.29, 0.717) is 30.0 Å². The van der Waals surface area contributed by atoms with Gasteiger partial charge in [0.2, 0.25) is 11.8 Å². The Morgan fingerprint density at radius 3 is 2.54 bits per heavy atom. The number of ether oxygens (including phenoxy) is 2. The number of phenolic OH excluding ortho intramolecular Hbond substituents is 1. The summed E-state index contributed by atoms with van der Waals surface area (Å²) in [7, 11) is 3.12. The molecule has 0 atom stereocenters. The Kier molecular flexibility index (Phi) is 7.83. The molecule has 0 aliphatic carbocycles. The summed E-state index contributed by atoms with van der Waals surface area (Å²) in [5.74, 6) is 0.351. The number of hydrogen-bond donors (Lipinski definition) is 3. The van der Waals surface area contributed by atoms with Crippen LogP contribution in [-0.2, 0) is 16.0 Å². The van der Waals surface area contributed by atoms with Crippen molar-refractivity contribution >= 4 is 18.0 Å². The van der Waals surface area contributed by atoms with Gasteiger partial charge in [-0.3, -0.25) is 9.59 Å². The Morgan fingerprint density at radius 2 is 1.82 bits per heavy atom. The fraction of sp³-hybridized carbons (Fsp3) is 0.250. The summed E-state index contributed by atoms with van der Waals surface area (Å²) in [5.41, 5.74) is 3.68. The number of methoxy groups -OCH3 is 2. The molecule has 28 heavy (non-hydrogen) atoms. The van der Waals surface area contributed by atoms with Crippen LogP contribution in [0.4, 0.5) is 0 Å². The Hall–Kier alpha value is -3.55. The molecule has 0 radical (unpaired) electrons. The van der Waals surface area contributed by atoms with Crippen LogP contribution in [0.25, 0.3) is 0 Å². The number of carbonyl (C=O) groups excluding carboxylic acids is 2. The number of amides is 2. The van der Waals surface area contributed by atoms with Gasteiger partial charge in [0.05, 0.1) is 20.4 Å². The first-order valence-electron chi connectivity index (χ1n) is 8.61. The number of nitrogens with zero attached hydrogens (tertiary/aromatic N) is 1. The third-order valence-electron chi connectivity index (χ3n) is 3.83. The number of carbonyl (C=O) groups is 2. The monoisotopic (exact) mass is 385 g/mol. The maximum Gasteiger partial charge on any atom is 0.249 e. The topological polar surface area (TPSA) is 109 Å². The SMILES string of the molecule is COc1ccc(CCNC(=O)CC(=O)N/N=C\c2ccccc2O)cc1OC. The third kappa shape index (κ3) is 6.31. The van der Waals surface area contributed by atoms with Gasteiger partial charge >= 0.3 is 0 Å². The fourth-order valence-electron chi connectivity index (χ4n) is 2.40. The molecule has 2 amide bonds. The predicted octanol–water partition coefficient (Wildman–Crippen LogP) is 1.61. The van der Waals surface area contributed by atoms with Crippen molar-refractivity contribution in [3.63, 3.8) is 0 Å². The minimum Gasteiger partial charge on any atom is -0.507 e. The summed E-state index contributed by atoms with van der Waals surface area (Å²) in [4.78, 5) is 23.6. The van der Waals surface area contributed by atoms with Crippen LogP contribution in [0, 0.1) is 0 Å². The van der Waals surface area contributed by atoms with E-state index in [-0.39, 0.29) is 12.2 Å². The maximum absolute atomic E-state index is 11.8. The zero-order valence-corrected chi connectivity index (χ0v) is 15.8. The molecule has 0 heterocycles. The van der Waals surface area contributed by atoms with Crippen LogP contribution >= 0.6 is 0 Å². The molecule has 2 aromatic rings. The first-order valence-corrected chi connectivity index (χ1v) is 8.61. The molecule has 0 fully saturated rings. The van der Waals surface area contributed by atoms with Crippen molar-refractivity contribution in [2.45, 2.75) is 12.8 Å². The van der Waals surface area contributed by atoms with Gasteiger partial charge in [-0.05, 0) is 36.2 Å². The van der Waals surface area contributed by atoms with E-state index >= 15 is 0 Å². The molecular formula is C20H23N3O5. The number of benzene rings is 2. The second-order valence-corrected chi connectivity index (χ2v) is 5.82. The molecule has 2 aromatic carbocycles. The van der Waals surface area contributed by atoms with E-state index in [4.69, 9.17) is 9.47 Å². The van der Waals surface area contributed by atoms with E-state index in [9.17, 15) is 14.7 Å². The van der Waals surface area contributed by atoms with Crippen molar-refractivity contribution in [3.8, 4) is 17.2 Å². The minimum absolute atomic E-state index is 0.0494. The second-order valence-electron chi connectivity index (χ2n) is 5.82. The van der Waals surface area contributed by atoms with E-state index < -0.39 is 11.8 Å². The van der Waals surface area contributed by atoms with Gasteiger partial charge in [-0.1, -0.05) is 18.2 Å². The number of hydrazone groups is 1. The fourth-order valence-corrected chi connectivity index (χ4v) is 2.40. The Balaban J connectivity index is 1.73. The zero-order valence-electron chi connectivity index (χ0n) is 15.8. The van der Waals surface area contributed by atoms with Crippen LogP contribution in [0.2, 0.25) is 0 Å². The molecule has 0 unspecified atom stereocenters. The summed E-state index contributed by atoms with van der Waals surface area (Å²) < 4.78 is 10.4. The van der Waals surface area contributed by atoms with Gasteiger partial charge in [0.1, 0.15) is 12.2 Å². The number of aromatic hydroxyl groups is 1. The standard InChI is InChI=1S/C20H23N3O5/c1-27-17-8-7-14(11-18(17)28-2)9-10-21-19(25)12-20(26)23-22-13-15-5-3-4-6-16(15)24/h3-8,11,13,24H,9-10,12H2,1-2H3,(H,21,25)(H,23,26)/b22-13-. The van der Waals surface area contributed by atoms with E-state index in [1.807, 2.05) is 12.1 Å². The molecule has 8 nitrogen and oxygen atoms in total. The minimum atomic E-state index is -0.546. The van der Waals surface area contributed by atoms with Crippen molar-refractivity contribution < 1.29 is 24.2 Å². The molecule has 148 valence electrons. The molecule has 0 saturated heterocycles. The highest BCUT2D eigenvalue weighted by atomic mass is 16.5. The van der Waals surface area contributed by atoms with Gasteiger partial charge in [-0.15, -0.1) is 0 Å². The lowest BCUT2D eigenvalue weighted by Gasteiger charge is -2.10. The van der Waals surface area contributed by atoms with Crippen LogP contribution in [0.5, 0.6) is 17.2 Å². The Labute approximate surface area is 163 Å². The number of nitrogens with one attached hydrogen (secondary N) is 2. The lowest BCUT2D eigenvalue weighted by Crippen LogP contribution is -2.31. The number of hydrogen-bond acceptors (Lipinski definition) is 6. The molecule has 2 rings (SSSR count). The number of rotatable bonds is 9. The highest BCUT2D eigenvalue weighted by Gasteiger charge is 2.09. The molecule has 0 aliphatic heterocycles. The van der Waals surface area contributed by atoms with E-state index in [0.717, 1.165) is 5.56 Å². The van der Waals surface area contributed by atoms with Crippen molar-refractivity contribution in [1.82, 2.24) is 10.7 Å². The molecular weight excluding hydrogens is 362 g/mol. The van der Waals surface area contributed by atoms with Crippen molar-refractivity contribution in [1.29, 1.82) is 0 Å². The van der Waals surface area contributed by atoms with Crippen LogP contribution in [0.3, 0.4) is 0 Å². The van der Waals surface area contributed by atoms with Crippen LogP contribution in [0.1, 0.15) is 17.5 Å². The van der Waals surface area contributed by atoms with Gasteiger partial charge in [0.15, 0.2) is 11.5 Å².